The summed E-state index contributed by atoms with van der Waals surface area (Å²) in [6, 6.07) is -6.99. The zero-order valence-electron chi connectivity index (χ0n) is 29.9. The molecular weight excluding hydrogens is 690 g/mol. The van der Waals surface area contributed by atoms with Crippen LogP contribution in [0, 0.1) is 5.92 Å². The standard InChI is InChI=1S/C30H53N11O11/c1-14(2)11-20(41-27(49)18(31)7-6-10-34-30(32)33)28(50)36-13-22(43)37-16(4)25(47)39-15(3)24(46)35-12-21(42)38-17(5)26(48)40-19(29(51)52)8-9-23(44)45/h14-20H,6-13,31H2,1-5H3,(H,35,46)(H,36,50)(H,37,43)(H,38,42)(H,39,47)(H,40,48)(H,41,49)(H,44,45)(H,51,52)(H4,32,33,34). The second-order valence-electron chi connectivity index (χ2n) is 12.3. The molecule has 0 aliphatic rings. The lowest BCUT2D eigenvalue weighted by molar-refractivity contribution is -0.143. The number of guanidine groups is 1. The van der Waals surface area contributed by atoms with Crippen molar-refractivity contribution >= 4 is 59.2 Å². The van der Waals surface area contributed by atoms with E-state index < -0.39 is 109 Å². The summed E-state index contributed by atoms with van der Waals surface area (Å²) in [5.74, 6) is -8.06. The molecule has 294 valence electrons. The van der Waals surface area contributed by atoms with Gasteiger partial charge in [0.25, 0.3) is 0 Å². The maximum atomic E-state index is 12.8. The quantitative estimate of drug-likeness (QED) is 0.0251. The third kappa shape index (κ3) is 20.2. The highest BCUT2D eigenvalue weighted by Crippen LogP contribution is 2.06. The lowest BCUT2D eigenvalue weighted by Gasteiger charge is -2.22. The van der Waals surface area contributed by atoms with E-state index in [1.165, 1.54) is 20.8 Å². The van der Waals surface area contributed by atoms with Crippen LogP contribution in [-0.4, -0.2) is 125 Å². The van der Waals surface area contributed by atoms with Gasteiger partial charge in [0.05, 0.1) is 19.1 Å². The average molecular weight is 744 g/mol. The van der Waals surface area contributed by atoms with Gasteiger partial charge in [0.2, 0.25) is 41.4 Å². The van der Waals surface area contributed by atoms with Crippen molar-refractivity contribution in [3.05, 3.63) is 0 Å². The zero-order chi connectivity index (χ0) is 40.1. The lowest BCUT2D eigenvalue weighted by atomic mass is 10.0. The Morgan fingerprint density at radius 3 is 1.58 bits per heavy atom. The van der Waals surface area contributed by atoms with Crippen molar-refractivity contribution in [1.29, 1.82) is 0 Å². The second-order valence-corrected chi connectivity index (χ2v) is 12.3. The highest BCUT2D eigenvalue weighted by Gasteiger charge is 2.27. The Balaban J connectivity index is 4.81. The van der Waals surface area contributed by atoms with E-state index >= 15 is 0 Å². The first kappa shape index (κ1) is 46.5. The summed E-state index contributed by atoms with van der Waals surface area (Å²) in [7, 11) is 0. The van der Waals surface area contributed by atoms with Crippen LogP contribution in [0.4, 0.5) is 0 Å². The number of carbonyl (C=O) groups excluding carboxylic acids is 7. The Morgan fingerprint density at radius 1 is 0.615 bits per heavy atom. The summed E-state index contributed by atoms with van der Waals surface area (Å²) < 4.78 is 0. The molecule has 0 aliphatic heterocycles. The summed E-state index contributed by atoms with van der Waals surface area (Å²) in [5.41, 5.74) is 16.5. The molecule has 0 heterocycles. The number of nitrogens with zero attached hydrogens (tertiary/aromatic N) is 1. The van der Waals surface area contributed by atoms with Gasteiger partial charge in [0.1, 0.15) is 30.2 Å². The first-order valence-electron chi connectivity index (χ1n) is 16.4. The summed E-state index contributed by atoms with van der Waals surface area (Å²) in [4.78, 5) is 113. The topological polar surface area (TPSA) is 369 Å². The first-order chi connectivity index (χ1) is 24.1. The van der Waals surface area contributed by atoms with E-state index in [0.717, 1.165) is 0 Å². The van der Waals surface area contributed by atoms with Crippen LogP contribution in [0.25, 0.3) is 0 Å². The minimum atomic E-state index is -1.50. The Bertz CT molecular complexity index is 1320. The van der Waals surface area contributed by atoms with Gasteiger partial charge >= 0.3 is 11.9 Å². The van der Waals surface area contributed by atoms with Gasteiger partial charge in [-0.25, -0.2) is 4.79 Å². The fourth-order valence-electron chi connectivity index (χ4n) is 4.19. The van der Waals surface area contributed by atoms with Crippen molar-refractivity contribution in [2.45, 2.75) is 103 Å². The molecule has 0 aromatic carbocycles. The third-order valence-electron chi connectivity index (χ3n) is 7.05. The van der Waals surface area contributed by atoms with Crippen LogP contribution in [0.1, 0.15) is 66.7 Å². The van der Waals surface area contributed by atoms with Gasteiger partial charge in [-0.3, -0.25) is 43.3 Å². The molecule has 22 heteroatoms. The molecule has 52 heavy (non-hydrogen) atoms. The molecule has 7 amide bonds. The van der Waals surface area contributed by atoms with E-state index in [-0.39, 0.29) is 37.7 Å². The number of amides is 7. The van der Waals surface area contributed by atoms with Crippen molar-refractivity contribution in [3.63, 3.8) is 0 Å². The SMILES string of the molecule is CC(C)CC(NC(=O)C(N)CCCN=C(N)N)C(=O)NCC(=O)NC(C)C(=O)NC(C)C(=O)NCC(=O)NC(C)C(=O)NC(CCC(=O)O)C(=O)O. The number of rotatable bonds is 24. The molecule has 0 rings (SSSR count). The first-order valence-corrected chi connectivity index (χ1v) is 16.4. The highest BCUT2D eigenvalue weighted by molar-refractivity contribution is 5.95. The van der Waals surface area contributed by atoms with Gasteiger partial charge in [-0.2, -0.15) is 0 Å². The van der Waals surface area contributed by atoms with E-state index in [0.29, 0.717) is 6.42 Å². The molecule has 15 N–H and O–H groups in total. The van der Waals surface area contributed by atoms with Crippen molar-refractivity contribution in [3.8, 4) is 0 Å². The Morgan fingerprint density at radius 2 is 1.10 bits per heavy atom. The highest BCUT2D eigenvalue weighted by atomic mass is 16.4. The van der Waals surface area contributed by atoms with Crippen LogP contribution in [0.5, 0.6) is 0 Å². The molecule has 0 saturated heterocycles. The van der Waals surface area contributed by atoms with Gasteiger partial charge < -0.3 is 64.6 Å². The van der Waals surface area contributed by atoms with Gasteiger partial charge in [-0.1, -0.05) is 13.8 Å². The summed E-state index contributed by atoms with van der Waals surface area (Å²) in [5, 5.41) is 34.2. The monoisotopic (exact) mass is 743 g/mol. The third-order valence-corrected chi connectivity index (χ3v) is 7.05. The summed E-state index contributed by atoms with van der Waals surface area (Å²) >= 11 is 0. The number of carboxylic acids is 2. The normalized spacial score (nSPS) is 14.1. The molecule has 0 aliphatic carbocycles. The van der Waals surface area contributed by atoms with Crippen LogP contribution in [0.3, 0.4) is 0 Å². The largest absolute Gasteiger partial charge is 0.481 e. The summed E-state index contributed by atoms with van der Waals surface area (Å²) in [6.45, 7) is 6.67. The lowest BCUT2D eigenvalue weighted by Crippen LogP contribution is -2.55. The van der Waals surface area contributed by atoms with Crippen LogP contribution >= 0.6 is 0 Å². The van der Waals surface area contributed by atoms with E-state index in [1.54, 1.807) is 0 Å². The van der Waals surface area contributed by atoms with Crippen molar-refractivity contribution < 1.29 is 53.4 Å². The van der Waals surface area contributed by atoms with E-state index in [2.05, 4.69) is 42.2 Å². The molecule has 0 aromatic heterocycles. The predicted octanol–water partition coefficient (Wildman–Crippen LogP) is -4.92. The molecule has 0 radical (unpaired) electrons. The summed E-state index contributed by atoms with van der Waals surface area (Å²) in [6.07, 6.45) is 0.0507. The van der Waals surface area contributed by atoms with Crippen LogP contribution in [0.2, 0.25) is 0 Å². The average Bonchev–Trinajstić information content (AvgIpc) is 3.04. The molecule has 0 saturated carbocycles. The van der Waals surface area contributed by atoms with E-state index in [4.69, 9.17) is 27.4 Å². The number of aliphatic imine (C=N–C) groups is 1. The number of aliphatic carboxylic acids is 2. The van der Waals surface area contributed by atoms with Crippen molar-refractivity contribution in [2.24, 2.45) is 28.1 Å². The molecule has 22 nitrogen and oxygen atoms in total. The minimum absolute atomic E-state index is 0.00743. The number of hydrogen-bond donors (Lipinski definition) is 12. The van der Waals surface area contributed by atoms with E-state index in [9.17, 15) is 43.2 Å². The smallest absolute Gasteiger partial charge is 0.326 e. The molecular formula is C30H53N11O11. The molecule has 6 atom stereocenters. The van der Waals surface area contributed by atoms with Crippen LogP contribution in [-0.2, 0) is 43.2 Å². The second kappa shape index (κ2) is 23.8. The van der Waals surface area contributed by atoms with Gasteiger partial charge in [-0.15, -0.1) is 0 Å². The maximum Gasteiger partial charge on any atom is 0.326 e. The number of hydrogen-bond acceptors (Lipinski definition) is 11. The number of carbonyl (C=O) groups is 9. The van der Waals surface area contributed by atoms with Crippen molar-refractivity contribution in [1.82, 2.24) is 37.2 Å². The fourth-order valence-corrected chi connectivity index (χ4v) is 4.19. The molecule has 0 aromatic rings. The Labute approximate surface area is 300 Å². The van der Waals surface area contributed by atoms with Crippen LogP contribution < -0.4 is 54.4 Å². The number of carboxylic acid groups (broad SMARTS) is 2. The number of nitrogens with two attached hydrogens (primary N) is 3. The Kier molecular flexibility index (Phi) is 21.3. The van der Waals surface area contributed by atoms with Crippen molar-refractivity contribution in [2.75, 3.05) is 19.6 Å². The van der Waals surface area contributed by atoms with Crippen LogP contribution in [0.15, 0.2) is 4.99 Å². The zero-order valence-corrected chi connectivity index (χ0v) is 29.9. The van der Waals surface area contributed by atoms with Gasteiger partial charge in [0, 0.05) is 13.0 Å². The molecule has 6 unspecified atom stereocenters. The predicted molar refractivity (Wildman–Crippen MR) is 185 cm³/mol. The Hall–Kier alpha value is -5.54. The minimum Gasteiger partial charge on any atom is -0.481 e. The molecule has 0 fully saturated rings. The van der Waals surface area contributed by atoms with Gasteiger partial charge in [-0.05, 0) is 52.4 Å². The fraction of sp³-hybridized carbons (Fsp3) is 0.667. The number of nitrogens with one attached hydrogen (secondary N) is 7. The molecule has 0 spiro atoms. The van der Waals surface area contributed by atoms with E-state index in [1.807, 2.05) is 13.8 Å². The molecule has 0 bridgehead atoms. The van der Waals surface area contributed by atoms with Gasteiger partial charge in [0.15, 0.2) is 5.96 Å². The maximum absolute atomic E-state index is 12.8.